The van der Waals surface area contributed by atoms with Crippen LogP contribution in [0.5, 0.6) is 5.75 Å². The van der Waals surface area contributed by atoms with E-state index >= 15 is 0 Å². The summed E-state index contributed by atoms with van der Waals surface area (Å²) in [5.74, 6) is -1.49. The fourth-order valence-corrected chi connectivity index (χ4v) is 1.87. The van der Waals surface area contributed by atoms with Crippen molar-refractivity contribution in [3.05, 3.63) is 30.1 Å². The summed E-state index contributed by atoms with van der Waals surface area (Å²) < 4.78 is 18.7. The number of aliphatic carboxylic acids is 1. The van der Waals surface area contributed by atoms with Crippen molar-refractivity contribution in [2.24, 2.45) is 0 Å². The van der Waals surface area contributed by atoms with Crippen LogP contribution in [0, 0.1) is 5.82 Å². The van der Waals surface area contributed by atoms with Gasteiger partial charge in [0.1, 0.15) is 6.61 Å². The van der Waals surface area contributed by atoms with Crippen molar-refractivity contribution >= 4 is 11.9 Å². The number of hydrogen-bond acceptors (Lipinski definition) is 4. The smallest absolute Gasteiger partial charge is 0.317 e. The van der Waals surface area contributed by atoms with Crippen molar-refractivity contribution in [1.29, 1.82) is 0 Å². The van der Waals surface area contributed by atoms with E-state index in [0.717, 1.165) is 0 Å². The quantitative estimate of drug-likeness (QED) is 0.744. The van der Waals surface area contributed by atoms with Crippen LogP contribution in [0.25, 0.3) is 0 Å². The van der Waals surface area contributed by atoms with Gasteiger partial charge in [0, 0.05) is 13.1 Å². The number of rotatable bonds is 9. The van der Waals surface area contributed by atoms with Crippen LogP contribution in [-0.2, 0) is 9.59 Å². The first-order valence-electron chi connectivity index (χ1n) is 7.38. The van der Waals surface area contributed by atoms with E-state index in [2.05, 4.69) is 0 Å². The molecule has 0 atom stereocenters. The van der Waals surface area contributed by atoms with Gasteiger partial charge in [-0.05, 0) is 26.0 Å². The fourth-order valence-electron chi connectivity index (χ4n) is 1.87. The highest BCUT2D eigenvalue weighted by atomic mass is 19.1. The van der Waals surface area contributed by atoms with Crippen molar-refractivity contribution < 1.29 is 23.8 Å². The summed E-state index contributed by atoms with van der Waals surface area (Å²) in [4.78, 5) is 25.9. The van der Waals surface area contributed by atoms with E-state index in [4.69, 9.17) is 9.84 Å². The Balaban J connectivity index is 2.44. The Labute approximate surface area is 135 Å². The van der Waals surface area contributed by atoms with Gasteiger partial charge in [0.15, 0.2) is 11.6 Å². The minimum atomic E-state index is -0.975. The van der Waals surface area contributed by atoms with Gasteiger partial charge < -0.3 is 14.7 Å². The molecule has 0 aliphatic carbocycles. The highest BCUT2D eigenvalue weighted by molar-refractivity contribution is 5.79. The van der Waals surface area contributed by atoms with Crippen molar-refractivity contribution in [1.82, 2.24) is 9.80 Å². The monoisotopic (exact) mass is 326 g/mol. The number of nitrogens with zero attached hydrogens (tertiary/aromatic N) is 2. The Hall–Kier alpha value is -2.15. The molecule has 6 nitrogen and oxygen atoms in total. The lowest BCUT2D eigenvalue weighted by atomic mass is 10.3. The van der Waals surface area contributed by atoms with Crippen LogP contribution in [0.3, 0.4) is 0 Å². The molecular formula is C16H23FN2O4. The molecule has 1 N–H and O–H groups in total. The maximum Gasteiger partial charge on any atom is 0.317 e. The highest BCUT2D eigenvalue weighted by Crippen LogP contribution is 2.15. The molecule has 0 aliphatic heterocycles. The molecule has 0 heterocycles. The van der Waals surface area contributed by atoms with Gasteiger partial charge in [-0.3, -0.25) is 14.5 Å². The number of amides is 1. The normalized spacial score (nSPS) is 10.9. The third-order valence-electron chi connectivity index (χ3n) is 3.35. The van der Waals surface area contributed by atoms with Crippen LogP contribution in [0.4, 0.5) is 4.39 Å². The minimum absolute atomic E-state index is 0.0141. The first-order valence-corrected chi connectivity index (χ1v) is 7.38. The third-order valence-corrected chi connectivity index (χ3v) is 3.35. The number of likely N-dealkylation sites (N-methyl/N-ethyl adjacent to an activating group) is 1. The maximum absolute atomic E-state index is 13.4. The number of carboxylic acid groups (broad SMARTS) is 1. The van der Waals surface area contributed by atoms with E-state index in [0.29, 0.717) is 0 Å². The summed E-state index contributed by atoms with van der Waals surface area (Å²) in [7, 11) is 1.60. The SMILES string of the molecule is CC(C)N(CC(=O)O)CC(=O)N(C)CCOc1ccccc1F. The van der Waals surface area contributed by atoms with Crippen LogP contribution in [-0.4, -0.2) is 66.1 Å². The second-order valence-electron chi connectivity index (χ2n) is 5.49. The van der Waals surface area contributed by atoms with E-state index in [-0.39, 0.29) is 43.9 Å². The molecular weight excluding hydrogens is 303 g/mol. The van der Waals surface area contributed by atoms with E-state index in [1.54, 1.807) is 24.1 Å². The van der Waals surface area contributed by atoms with Gasteiger partial charge in [0.05, 0.1) is 19.6 Å². The van der Waals surface area contributed by atoms with Gasteiger partial charge in [-0.25, -0.2) is 4.39 Å². The Morgan fingerprint density at radius 3 is 2.48 bits per heavy atom. The number of hydrogen-bond donors (Lipinski definition) is 1. The molecule has 0 fully saturated rings. The van der Waals surface area contributed by atoms with E-state index < -0.39 is 11.8 Å². The zero-order valence-electron chi connectivity index (χ0n) is 13.7. The lowest BCUT2D eigenvalue weighted by Gasteiger charge is -2.26. The summed E-state index contributed by atoms with van der Waals surface area (Å²) in [6.45, 7) is 3.92. The highest BCUT2D eigenvalue weighted by Gasteiger charge is 2.19. The van der Waals surface area contributed by atoms with Crippen molar-refractivity contribution in [2.75, 3.05) is 33.3 Å². The molecule has 0 spiro atoms. The lowest BCUT2D eigenvalue weighted by Crippen LogP contribution is -2.44. The second kappa shape index (κ2) is 9.09. The number of ether oxygens (including phenoxy) is 1. The zero-order chi connectivity index (χ0) is 17.4. The average Bonchev–Trinajstić information content (AvgIpc) is 2.47. The average molecular weight is 326 g/mol. The van der Waals surface area contributed by atoms with Gasteiger partial charge in [0.25, 0.3) is 0 Å². The maximum atomic E-state index is 13.4. The standard InChI is InChI=1S/C16H23FN2O4/c1-12(2)19(11-16(21)22)10-15(20)18(3)8-9-23-14-7-5-4-6-13(14)17/h4-7,12H,8-11H2,1-3H3,(H,21,22). The number of benzene rings is 1. The van der Waals surface area contributed by atoms with Crippen LogP contribution in [0.15, 0.2) is 24.3 Å². The molecule has 0 saturated heterocycles. The molecule has 1 rings (SSSR count). The van der Waals surface area contributed by atoms with Gasteiger partial charge in [0.2, 0.25) is 5.91 Å². The van der Waals surface area contributed by atoms with Crippen molar-refractivity contribution in [2.45, 2.75) is 19.9 Å². The summed E-state index contributed by atoms with van der Waals surface area (Å²) in [6.07, 6.45) is 0. The van der Waals surface area contributed by atoms with Crippen molar-refractivity contribution in [3.8, 4) is 5.75 Å². The molecule has 0 radical (unpaired) electrons. The molecule has 1 aromatic rings. The molecule has 23 heavy (non-hydrogen) atoms. The zero-order valence-corrected chi connectivity index (χ0v) is 13.7. The predicted molar refractivity (Wildman–Crippen MR) is 83.9 cm³/mol. The summed E-state index contributed by atoms with van der Waals surface area (Å²) >= 11 is 0. The molecule has 0 aromatic heterocycles. The second-order valence-corrected chi connectivity index (χ2v) is 5.49. The Morgan fingerprint density at radius 2 is 1.91 bits per heavy atom. The molecule has 128 valence electrons. The molecule has 0 aliphatic rings. The first kappa shape index (κ1) is 18.9. The van der Waals surface area contributed by atoms with Gasteiger partial charge in [-0.15, -0.1) is 0 Å². The van der Waals surface area contributed by atoms with Gasteiger partial charge >= 0.3 is 5.97 Å². The lowest BCUT2D eigenvalue weighted by molar-refractivity contribution is -0.140. The Morgan fingerprint density at radius 1 is 1.26 bits per heavy atom. The first-order chi connectivity index (χ1) is 10.8. The van der Waals surface area contributed by atoms with Gasteiger partial charge in [-0.1, -0.05) is 12.1 Å². The summed E-state index contributed by atoms with van der Waals surface area (Å²) in [6, 6.07) is 6.00. The Kier molecular flexibility index (Phi) is 7.47. The molecule has 1 aromatic carbocycles. The molecule has 1 amide bonds. The van der Waals surface area contributed by atoms with Crippen LogP contribution >= 0.6 is 0 Å². The number of carboxylic acids is 1. The van der Waals surface area contributed by atoms with Crippen LogP contribution < -0.4 is 4.74 Å². The number of para-hydroxylation sites is 1. The van der Waals surface area contributed by atoms with E-state index in [9.17, 15) is 14.0 Å². The minimum Gasteiger partial charge on any atom is -0.489 e. The fraction of sp³-hybridized carbons (Fsp3) is 0.500. The van der Waals surface area contributed by atoms with Crippen LogP contribution in [0.1, 0.15) is 13.8 Å². The molecule has 0 unspecified atom stereocenters. The number of carbonyl (C=O) groups excluding carboxylic acids is 1. The van der Waals surface area contributed by atoms with Gasteiger partial charge in [-0.2, -0.15) is 0 Å². The molecule has 0 saturated carbocycles. The largest absolute Gasteiger partial charge is 0.489 e. The van der Waals surface area contributed by atoms with E-state index in [1.165, 1.54) is 17.0 Å². The molecule has 0 bridgehead atoms. The summed E-state index contributed by atoms with van der Waals surface area (Å²) in [5.41, 5.74) is 0. The third kappa shape index (κ3) is 6.65. The summed E-state index contributed by atoms with van der Waals surface area (Å²) in [5, 5.41) is 8.86. The van der Waals surface area contributed by atoms with Crippen LogP contribution in [0.2, 0.25) is 0 Å². The molecule has 7 heteroatoms. The topological polar surface area (TPSA) is 70.1 Å². The predicted octanol–water partition coefficient (Wildman–Crippen LogP) is 1.46. The number of halogens is 1. The van der Waals surface area contributed by atoms with Crippen molar-refractivity contribution in [3.63, 3.8) is 0 Å². The number of carbonyl (C=O) groups is 2. The van der Waals surface area contributed by atoms with E-state index in [1.807, 2.05) is 13.8 Å². The Bertz CT molecular complexity index is 537.